The highest BCUT2D eigenvalue weighted by atomic mass is 32.1. The van der Waals surface area contributed by atoms with E-state index in [4.69, 9.17) is 0 Å². The van der Waals surface area contributed by atoms with Crippen LogP contribution >= 0.6 is 11.3 Å². The molecule has 0 saturated heterocycles. The van der Waals surface area contributed by atoms with Crippen LogP contribution in [0.25, 0.3) is 0 Å². The van der Waals surface area contributed by atoms with Gasteiger partial charge in [-0.25, -0.2) is 0 Å². The van der Waals surface area contributed by atoms with E-state index in [1.54, 1.807) is 11.3 Å². The van der Waals surface area contributed by atoms with Crippen LogP contribution in [0.1, 0.15) is 40.4 Å². The third-order valence-electron chi connectivity index (χ3n) is 1.85. The molecule has 66 valence electrons. The molecule has 0 fully saturated rings. The zero-order valence-electron chi connectivity index (χ0n) is 7.59. The van der Waals surface area contributed by atoms with Crippen LogP contribution in [-0.4, -0.2) is 6.29 Å². The van der Waals surface area contributed by atoms with Gasteiger partial charge in [0.1, 0.15) is 0 Å². The highest BCUT2D eigenvalue weighted by Crippen LogP contribution is 2.22. The third-order valence-corrected chi connectivity index (χ3v) is 3.20. The fourth-order valence-corrected chi connectivity index (χ4v) is 2.37. The number of thiophene rings is 1. The molecule has 0 atom stereocenters. The van der Waals surface area contributed by atoms with Crippen molar-refractivity contribution in [3.05, 3.63) is 21.4 Å². The van der Waals surface area contributed by atoms with Gasteiger partial charge in [0.15, 0.2) is 6.29 Å². The lowest BCUT2D eigenvalue weighted by Crippen LogP contribution is -1.83. The minimum Gasteiger partial charge on any atom is -0.298 e. The Bertz CT molecular complexity index is 263. The number of hydrogen-bond acceptors (Lipinski definition) is 2. The van der Waals surface area contributed by atoms with E-state index >= 15 is 0 Å². The molecule has 0 N–H and O–H groups in total. The summed E-state index contributed by atoms with van der Waals surface area (Å²) in [6.07, 6.45) is 4.17. The smallest absolute Gasteiger partial charge is 0.151 e. The van der Waals surface area contributed by atoms with Gasteiger partial charge >= 0.3 is 0 Å². The van der Waals surface area contributed by atoms with E-state index in [1.807, 2.05) is 6.07 Å². The van der Waals surface area contributed by atoms with Gasteiger partial charge in [0, 0.05) is 15.3 Å². The van der Waals surface area contributed by atoms with Gasteiger partial charge in [-0.3, -0.25) is 4.79 Å². The molecule has 0 aromatic carbocycles. The number of hydrogen-bond donors (Lipinski definition) is 0. The molecule has 0 amide bonds. The molecule has 0 bridgehead atoms. The Hall–Kier alpha value is -0.630. The van der Waals surface area contributed by atoms with Crippen molar-refractivity contribution >= 4 is 17.6 Å². The summed E-state index contributed by atoms with van der Waals surface area (Å²) in [4.78, 5) is 13.2. The number of carbonyl (C=O) groups excluding carboxylic acids is 1. The van der Waals surface area contributed by atoms with Gasteiger partial charge in [-0.05, 0) is 18.9 Å². The lowest BCUT2D eigenvalue weighted by Gasteiger charge is -1.91. The maximum absolute atomic E-state index is 10.6. The standard InChI is InChI=1S/C10H14OS/c1-3-5-10-8(7-11)6-9(4-2)12-10/h6-7H,3-5H2,1-2H3. The molecule has 12 heavy (non-hydrogen) atoms. The summed E-state index contributed by atoms with van der Waals surface area (Å²) < 4.78 is 0. The van der Waals surface area contributed by atoms with E-state index < -0.39 is 0 Å². The number of carbonyl (C=O) groups is 1. The zero-order chi connectivity index (χ0) is 8.97. The average molecular weight is 182 g/mol. The van der Waals surface area contributed by atoms with E-state index in [1.165, 1.54) is 9.75 Å². The number of rotatable bonds is 4. The lowest BCUT2D eigenvalue weighted by molar-refractivity contribution is 0.112. The summed E-state index contributed by atoms with van der Waals surface area (Å²) in [6.45, 7) is 4.26. The van der Waals surface area contributed by atoms with E-state index in [2.05, 4.69) is 13.8 Å². The van der Waals surface area contributed by atoms with E-state index in [0.29, 0.717) is 0 Å². The molecular weight excluding hydrogens is 168 g/mol. The Morgan fingerprint density at radius 3 is 2.75 bits per heavy atom. The van der Waals surface area contributed by atoms with Gasteiger partial charge in [0.05, 0.1) is 0 Å². The van der Waals surface area contributed by atoms with Crippen molar-refractivity contribution < 1.29 is 4.79 Å². The second kappa shape index (κ2) is 4.41. The summed E-state index contributed by atoms with van der Waals surface area (Å²) >= 11 is 1.78. The number of aryl methyl sites for hydroxylation is 2. The second-order valence-corrected chi connectivity index (χ2v) is 4.03. The lowest BCUT2D eigenvalue weighted by atomic mass is 10.2. The molecule has 2 heteroatoms. The normalized spacial score (nSPS) is 10.2. The van der Waals surface area contributed by atoms with Crippen molar-refractivity contribution in [1.29, 1.82) is 0 Å². The first-order chi connectivity index (χ1) is 5.81. The van der Waals surface area contributed by atoms with Crippen molar-refractivity contribution in [2.75, 3.05) is 0 Å². The van der Waals surface area contributed by atoms with Gasteiger partial charge in [-0.15, -0.1) is 11.3 Å². The summed E-state index contributed by atoms with van der Waals surface area (Å²) in [5.74, 6) is 0. The molecule has 0 unspecified atom stereocenters. The molecule has 0 spiro atoms. The minimum atomic E-state index is 0.902. The molecule has 0 aliphatic rings. The molecular formula is C10H14OS. The minimum absolute atomic E-state index is 0.902. The molecule has 0 aliphatic carbocycles. The van der Waals surface area contributed by atoms with Gasteiger partial charge in [-0.2, -0.15) is 0 Å². The maximum atomic E-state index is 10.6. The summed E-state index contributed by atoms with van der Waals surface area (Å²) in [7, 11) is 0. The first-order valence-electron chi connectivity index (χ1n) is 4.38. The molecule has 1 nitrogen and oxygen atoms in total. The maximum Gasteiger partial charge on any atom is 0.151 e. The zero-order valence-corrected chi connectivity index (χ0v) is 8.41. The van der Waals surface area contributed by atoms with Crippen LogP contribution in [0.5, 0.6) is 0 Å². The van der Waals surface area contributed by atoms with Crippen LogP contribution in [0.3, 0.4) is 0 Å². The van der Waals surface area contributed by atoms with Crippen LogP contribution in [0.2, 0.25) is 0 Å². The highest BCUT2D eigenvalue weighted by Gasteiger charge is 2.05. The SMILES string of the molecule is CCCc1sc(CC)cc1C=O. The van der Waals surface area contributed by atoms with Crippen molar-refractivity contribution in [3.8, 4) is 0 Å². The van der Waals surface area contributed by atoms with Gasteiger partial charge in [0.2, 0.25) is 0 Å². The molecule has 1 aromatic rings. The molecule has 0 radical (unpaired) electrons. The van der Waals surface area contributed by atoms with E-state index in [0.717, 1.165) is 31.1 Å². The van der Waals surface area contributed by atoms with Gasteiger partial charge < -0.3 is 0 Å². The fraction of sp³-hybridized carbons (Fsp3) is 0.500. The quantitative estimate of drug-likeness (QED) is 0.654. The monoisotopic (exact) mass is 182 g/mol. The van der Waals surface area contributed by atoms with E-state index in [-0.39, 0.29) is 0 Å². The summed E-state index contributed by atoms with van der Waals surface area (Å²) in [5, 5.41) is 0. The number of aldehydes is 1. The van der Waals surface area contributed by atoms with Crippen LogP contribution in [-0.2, 0) is 12.8 Å². The van der Waals surface area contributed by atoms with Crippen LogP contribution in [0.4, 0.5) is 0 Å². The molecule has 1 rings (SSSR count). The Balaban J connectivity index is 2.91. The Kier molecular flexibility index (Phi) is 3.48. The highest BCUT2D eigenvalue weighted by molar-refractivity contribution is 7.12. The molecule has 1 heterocycles. The topological polar surface area (TPSA) is 17.1 Å². The Morgan fingerprint density at radius 2 is 2.25 bits per heavy atom. The molecule has 0 saturated carbocycles. The van der Waals surface area contributed by atoms with Crippen LogP contribution < -0.4 is 0 Å². The van der Waals surface area contributed by atoms with E-state index in [9.17, 15) is 4.79 Å². The third kappa shape index (κ3) is 1.95. The largest absolute Gasteiger partial charge is 0.298 e. The predicted molar refractivity (Wildman–Crippen MR) is 53.1 cm³/mol. The molecule has 0 aliphatic heterocycles. The molecule has 1 aromatic heterocycles. The van der Waals surface area contributed by atoms with Crippen molar-refractivity contribution in [1.82, 2.24) is 0 Å². The second-order valence-electron chi connectivity index (χ2n) is 2.81. The fourth-order valence-electron chi connectivity index (χ4n) is 1.20. The van der Waals surface area contributed by atoms with Crippen LogP contribution in [0, 0.1) is 0 Å². The summed E-state index contributed by atoms with van der Waals surface area (Å²) in [5.41, 5.74) is 0.902. The Morgan fingerprint density at radius 1 is 1.50 bits per heavy atom. The van der Waals surface area contributed by atoms with Crippen molar-refractivity contribution in [3.63, 3.8) is 0 Å². The van der Waals surface area contributed by atoms with Crippen molar-refractivity contribution in [2.45, 2.75) is 33.1 Å². The average Bonchev–Trinajstić information content (AvgIpc) is 2.48. The Labute approximate surface area is 77.4 Å². The first-order valence-corrected chi connectivity index (χ1v) is 5.20. The van der Waals surface area contributed by atoms with Crippen molar-refractivity contribution in [2.24, 2.45) is 0 Å². The van der Waals surface area contributed by atoms with Gasteiger partial charge in [-0.1, -0.05) is 20.3 Å². The predicted octanol–water partition coefficient (Wildman–Crippen LogP) is 3.08. The van der Waals surface area contributed by atoms with Gasteiger partial charge in [0.25, 0.3) is 0 Å². The van der Waals surface area contributed by atoms with Crippen LogP contribution in [0.15, 0.2) is 6.07 Å². The first kappa shape index (κ1) is 9.46. The summed E-state index contributed by atoms with van der Waals surface area (Å²) in [6, 6.07) is 2.02.